The number of carbonyl (C=O) groups excluding carboxylic acids is 4. The molecule has 2 fully saturated rings. The monoisotopic (exact) mass is 529 g/mol. The molecular weight excluding hydrogens is 498 g/mol. The molecule has 0 aliphatic carbocycles. The molecule has 0 bridgehead atoms. The second-order valence-corrected chi connectivity index (χ2v) is 9.65. The topological polar surface area (TPSA) is 137 Å². The molecule has 2 aromatic rings. The van der Waals surface area contributed by atoms with Gasteiger partial charge in [0.15, 0.2) is 0 Å². The molecule has 198 valence electrons. The standard InChI is InChI=1S/C24H31N7O5S/c1-2-36-21(33)15-20(32)27-28-22(34)18-16-37-23(26-18)17-6-9-30(10-7-17)24(35)31-13-11-29(12-14-31)19-5-3-4-8-25-19/h3-5,8,16-17H,2,6-7,9-15H2,1H3,(H,27,32)(H,28,34). The average Bonchev–Trinajstić information content (AvgIpc) is 3.43. The Balaban J connectivity index is 1.20. The van der Waals surface area contributed by atoms with Crippen molar-refractivity contribution in [3.8, 4) is 0 Å². The Morgan fingerprint density at radius 1 is 1.03 bits per heavy atom. The lowest BCUT2D eigenvalue weighted by molar-refractivity contribution is -0.146. The minimum absolute atomic E-state index is 0.0666. The molecule has 12 nitrogen and oxygen atoms in total. The van der Waals surface area contributed by atoms with Crippen LogP contribution in [-0.4, -0.2) is 89.5 Å². The molecule has 4 rings (SSSR count). The van der Waals surface area contributed by atoms with Gasteiger partial charge in [0.2, 0.25) is 5.91 Å². The number of carbonyl (C=O) groups is 4. The van der Waals surface area contributed by atoms with Gasteiger partial charge in [0.25, 0.3) is 5.91 Å². The van der Waals surface area contributed by atoms with Crippen molar-refractivity contribution >= 4 is 41.0 Å². The predicted molar refractivity (Wildman–Crippen MR) is 136 cm³/mol. The van der Waals surface area contributed by atoms with E-state index in [0.717, 1.165) is 36.8 Å². The molecular formula is C24H31N7O5S. The number of thiazole rings is 1. The number of hydrogen-bond acceptors (Lipinski definition) is 9. The van der Waals surface area contributed by atoms with Crippen LogP contribution in [0, 0.1) is 0 Å². The Kier molecular flexibility index (Phi) is 8.88. The summed E-state index contributed by atoms with van der Waals surface area (Å²) in [5.74, 6) is -0.794. The van der Waals surface area contributed by atoms with Gasteiger partial charge in [-0.05, 0) is 31.9 Å². The number of likely N-dealkylation sites (tertiary alicyclic amines) is 1. The molecule has 2 saturated heterocycles. The summed E-state index contributed by atoms with van der Waals surface area (Å²) in [4.78, 5) is 63.2. The summed E-state index contributed by atoms with van der Waals surface area (Å²) in [5, 5.41) is 2.47. The third-order valence-electron chi connectivity index (χ3n) is 6.32. The van der Waals surface area contributed by atoms with Gasteiger partial charge in [-0.2, -0.15) is 0 Å². The van der Waals surface area contributed by atoms with Crippen LogP contribution in [0.25, 0.3) is 0 Å². The molecule has 4 heterocycles. The highest BCUT2D eigenvalue weighted by molar-refractivity contribution is 7.09. The van der Waals surface area contributed by atoms with Crippen LogP contribution in [0.15, 0.2) is 29.8 Å². The smallest absolute Gasteiger partial charge is 0.320 e. The third-order valence-corrected chi connectivity index (χ3v) is 7.33. The maximum atomic E-state index is 13.1. The summed E-state index contributed by atoms with van der Waals surface area (Å²) in [6.45, 7) is 5.93. The fraction of sp³-hybridized carbons (Fsp3) is 0.500. The van der Waals surface area contributed by atoms with Crippen molar-refractivity contribution in [1.29, 1.82) is 0 Å². The first kappa shape index (κ1) is 26.3. The maximum Gasteiger partial charge on any atom is 0.320 e. The van der Waals surface area contributed by atoms with E-state index in [9.17, 15) is 19.2 Å². The van der Waals surface area contributed by atoms with Crippen LogP contribution in [0.3, 0.4) is 0 Å². The van der Waals surface area contributed by atoms with Gasteiger partial charge in [-0.1, -0.05) is 6.07 Å². The molecule has 2 aliphatic heterocycles. The SMILES string of the molecule is CCOC(=O)CC(=O)NNC(=O)c1csc(C2CCN(C(=O)N3CCN(c4ccccn4)CC3)CC2)n1. The fourth-order valence-corrected chi connectivity index (χ4v) is 5.31. The van der Waals surface area contributed by atoms with Gasteiger partial charge in [-0.15, -0.1) is 11.3 Å². The normalized spacial score (nSPS) is 16.3. The lowest BCUT2D eigenvalue weighted by Crippen LogP contribution is -2.54. The van der Waals surface area contributed by atoms with Gasteiger partial charge in [-0.25, -0.2) is 14.8 Å². The minimum atomic E-state index is -0.669. The highest BCUT2D eigenvalue weighted by atomic mass is 32.1. The summed E-state index contributed by atoms with van der Waals surface area (Å²) >= 11 is 1.39. The molecule has 2 aliphatic rings. The summed E-state index contributed by atoms with van der Waals surface area (Å²) in [7, 11) is 0. The Morgan fingerprint density at radius 2 is 1.76 bits per heavy atom. The highest BCUT2D eigenvalue weighted by Gasteiger charge is 2.30. The Morgan fingerprint density at radius 3 is 2.43 bits per heavy atom. The van der Waals surface area contributed by atoms with Crippen LogP contribution in [-0.2, 0) is 14.3 Å². The molecule has 0 radical (unpaired) electrons. The number of urea groups is 1. The molecule has 37 heavy (non-hydrogen) atoms. The van der Waals surface area contributed by atoms with E-state index in [0.29, 0.717) is 26.2 Å². The first-order valence-electron chi connectivity index (χ1n) is 12.3. The van der Waals surface area contributed by atoms with E-state index in [1.165, 1.54) is 11.3 Å². The van der Waals surface area contributed by atoms with E-state index >= 15 is 0 Å². The van der Waals surface area contributed by atoms with E-state index in [1.807, 2.05) is 28.0 Å². The first-order valence-corrected chi connectivity index (χ1v) is 13.2. The van der Waals surface area contributed by atoms with E-state index < -0.39 is 24.2 Å². The highest BCUT2D eigenvalue weighted by Crippen LogP contribution is 2.31. The van der Waals surface area contributed by atoms with Crippen molar-refractivity contribution < 1.29 is 23.9 Å². The van der Waals surface area contributed by atoms with Gasteiger partial charge >= 0.3 is 12.0 Å². The minimum Gasteiger partial charge on any atom is -0.466 e. The number of aromatic nitrogens is 2. The Bertz CT molecular complexity index is 1100. The molecule has 0 aromatic carbocycles. The lowest BCUT2D eigenvalue weighted by Gasteiger charge is -2.39. The molecule has 0 spiro atoms. The number of hydrogen-bond donors (Lipinski definition) is 2. The maximum absolute atomic E-state index is 13.1. The number of anilines is 1. The molecule has 13 heteroatoms. The molecule has 0 atom stereocenters. The molecule has 4 amide bonds. The number of pyridine rings is 1. The van der Waals surface area contributed by atoms with Crippen molar-refractivity contribution in [2.24, 2.45) is 0 Å². The molecule has 0 saturated carbocycles. The van der Waals surface area contributed by atoms with Crippen molar-refractivity contribution in [1.82, 2.24) is 30.6 Å². The molecule has 2 aromatic heterocycles. The predicted octanol–water partition coefficient (Wildman–Crippen LogP) is 1.37. The van der Waals surface area contributed by atoms with E-state index in [-0.39, 0.29) is 24.2 Å². The number of esters is 1. The zero-order valence-corrected chi connectivity index (χ0v) is 21.5. The van der Waals surface area contributed by atoms with Crippen LogP contribution in [0.2, 0.25) is 0 Å². The van der Waals surface area contributed by atoms with Gasteiger partial charge in [-0.3, -0.25) is 25.2 Å². The summed E-state index contributed by atoms with van der Waals surface area (Å²) in [6.07, 6.45) is 2.84. The van der Waals surface area contributed by atoms with Crippen LogP contribution in [0.4, 0.5) is 10.6 Å². The molecule has 2 N–H and O–H groups in total. The van der Waals surface area contributed by atoms with Crippen LogP contribution >= 0.6 is 11.3 Å². The average molecular weight is 530 g/mol. The van der Waals surface area contributed by atoms with E-state index in [4.69, 9.17) is 4.74 Å². The number of piperidine rings is 1. The number of hydrazine groups is 1. The van der Waals surface area contributed by atoms with Gasteiger partial charge in [0.05, 0.1) is 11.6 Å². The lowest BCUT2D eigenvalue weighted by atomic mass is 9.98. The second-order valence-electron chi connectivity index (χ2n) is 8.76. The van der Waals surface area contributed by atoms with E-state index in [1.54, 1.807) is 18.5 Å². The second kappa shape index (κ2) is 12.5. The molecule has 0 unspecified atom stereocenters. The summed E-state index contributed by atoms with van der Waals surface area (Å²) in [5.41, 5.74) is 4.65. The number of rotatable bonds is 6. The number of amides is 4. The van der Waals surface area contributed by atoms with Gasteiger partial charge < -0.3 is 19.4 Å². The zero-order chi connectivity index (χ0) is 26.2. The van der Waals surface area contributed by atoms with Crippen LogP contribution in [0.5, 0.6) is 0 Å². The number of nitrogens with one attached hydrogen (secondary N) is 2. The first-order chi connectivity index (χ1) is 17.9. The van der Waals surface area contributed by atoms with Crippen molar-refractivity contribution in [2.75, 3.05) is 50.8 Å². The zero-order valence-electron chi connectivity index (χ0n) is 20.7. The van der Waals surface area contributed by atoms with Gasteiger partial charge in [0.1, 0.15) is 17.9 Å². The number of piperazine rings is 1. The Labute approximate surface area is 219 Å². The summed E-state index contributed by atoms with van der Waals surface area (Å²) < 4.78 is 4.70. The largest absolute Gasteiger partial charge is 0.466 e. The quantitative estimate of drug-likeness (QED) is 0.325. The number of nitrogens with zero attached hydrogens (tertiary/aromatic N) is 5. The van der Waals surface area contributed by atoms with Crippen molar-refractivity contribution in [2.45, 2.75) is 32.1 Å². The van der Waals surface area contributed by atoms with Gasteiger partial charge in [0, 0.05) is 56.8 Å². The number of ether oxygens (including phenoxy) is 1. The van der Waals surface area contributed by atoms with Crippen LogP contribution < -0.4 is 15.8 Å². The fourth-order valence-electron chi connectivity index (χ4n) is 4.34. The van der Waals surface area contributed by atoms with Crippen molar-refractivity contribution in [3.63, 3.8) is 0 Å². The van der Waals surface area contributed by atoms with E-state index in [2.05, 4.69) is 25.7 Å². The summed E-state index contributed by atoms with van der Waals surface area (Å²) in [6, 6.07) is 5.91. The van der Waals surface area contributed by atoms with Crippen molar-refractivity contribution in [3.05, 3.63) is 40.5 Å². The third kappa shape index (κ3) is 6.94. The Hall–Kier alpha value is -3.74. The van der Waals surface area contributed by atoms with Crippen LogP contribution in [0.1, 0.15) is 47.6 Å².